The van der Waals surface area contributed by atoms with Gasteiger partial charge >= 0.3 is 0 Å². The second-order valence-electron chi connectivity index (χ2n) is 9.17. The van der Waals surface area contributed by atoms with Crippen molar-refractivity contribution >= 4 is 0 Å². The molecule has 0 atom stereocenters. The molecule has 5 aromatic rings. The maximum absolute atomic E-state index is 10.7. The van der Waals surface area contributed by atoms with Crippen molar-refractivity contribution in [2.75, 3.05) is 0 Å². The lowest BCUT2D eigenvalue weighted by molar-refractivity contribution is 0.468. The first kappa shape index (κ1) is 23.8. The first-order valence-electron chi connectivity index (χ1n) is 11.8. The quantitative estimate of drug-likeness (QED) is 0.173. The van der Waals surface area contributed by atoms with Gasteiger partial charge in [-0.3, -0.25) is 0 Å². The van der Waals surface area contributed by atoms with Gasteiger partial charge in [-0.15, -0.1) is 0 Å². The van der Waals surface area contributed by atoms with Crippen LogP contribution in [-0.2, 0) is 5.41 Å². The van der Waals surface area contributed by atoms with Crippen molar-refractivity contribution in [2.45, 2.75) is 12.3 Å². The van der Waals surface area contributed by atoms with Crippen molar-refractivity contribution in [1.82, 2.24) is 0 Å². The van der Waals surface area contributed by atoms with Gasteiger partial charge in [0.05, 0.1) is 0 Å². The smallest absolute Gasteiger partial charge is 0.123 e. The molecule has 0 heterocycles. The predicted molar refractivity (Wildman–Crippen MR) is 144 cm³/mol. The molecule has 0 bridgehead atoms. The predicted octanol–water partition coefficient (Wildman–Crippen LogP) is 6.90. The largest absolute Gasteiger partial charge is 0.508 e. The van der Waals surface area contributed by atoms with E-state index in [1.54, 1.807) is 72.8 Å². The highest BCUT2D eigenvalue weighted by atomic mass is 16.3. The molecule has 5 N–H and O–H groups in total. The number of aromatic hydroxyl groups is 5. The molecular weight excluding hydrogens is 464 g/mol. The van der Waals surface area contributed by atoms with Gasteiger partial charge in [0.15, 0.2) is 0 Å². The van der Waals surface area contributed by atoms with Gasteiger partial charge in [-0.2, -0.15) is 0 Å². The molecule has 184 valence electrons. The van der Waals surface area contributed by atoms with Crippen LogP contribution < -0.4 is 0 Å². The molecule has 37 heavy (non-hydrogen) atoms. The van der Waals surface area contributed by atoms with E-state index in [0.29, 0.717) is 22.3 Å². The van der Waals surface area contributed by atoms with Crippen molar-refractivity contribution < 1.29 is 25.5 Å². The van der Waals surface area contributed by atoms with Crippen molar-refractivity contribution in [3.8, 4) is 51.0 Å². The number of para-hydroxylation sites is 2. The Bertz CT molecular complexity index is 1490. The van der Waals surface area contributed by atoms with E-state index < -0.39 is 5.41 Å². The molecule has 0 saturated heterocycles. The molecular formula is C32H26O5. The number of rotatable bonds is 5. The zero-order valence-corrected chi connectivity index (χ0v) is 20.1. The van der Waals surface area contributed by atoms with E-state index in [9.17, 15) is 25.5 Å². The molecule has 0 amide bonds. The normalized spacial score (nSPS) is 11.4. The van der Waals surface area contributed by atoms with E-state index in [1.165, 1.54) is 0 Å². The molecule has 0 radical (unpaired) electrons. The zero-order valence-electron chi connectivity index (χ0n) is 20.1. The van der Waals surface area contributed by atoms with Gasteiger partial charge in [0.1, 0.15) is 28.7 Å². The molecule has 5 nitrogen and oxygen atoms in total. The molecule has 0 aliphatic rings. The molecule has 0 aliphatic carbocycles. The molecule has 5 aromatic carbocycles. The molecule has 0 fully saturated rings. The fraction of sp³-hybridized carbons (Fsp3) is 0.0625. The number of hydrogen-bond acceptors (Lipinski definition) is 5. The summed E-state index contributed by atoms with van der Waals surface area (Å²) >= 11 is 0. The first-order valence-corrected chi connectivity index (χ1v) is 11.8. The summed E-state index contributed by atoms with van der Waals surface area (Å²) in [5, 5.41) is 52.3. The minimum Gasteiger partial charge on any atom is -0.508 e. The summed E-state index contributed by atoms with van der Waals surface area (Å²) in [6, 6.07) is 31.0. The zero-order chi connectivity index (χ0) is 26.2. The summed E-state index contributed by atoms with van der Waals surface area (Å²) < 4.78 is 0. The summed E-state index contributed by atoms with van der Waals surface area (Å²) in [5.74, 6) is 0.283. The highest BCUT2D eigenvalue weighted by Crippen LogP contribution is 2.46. The van der Waals surface area contributed by atoms with Gasteiger partial charge in [-0.25, -0.2) is 0 Å². The van der Waals surface area contributed by atoms with Gasteiger partial charge < -0.3 is 25.5 Å². The standard InChI is InChI=1S/C32H26O5/c1-32(20-10-14-23(33)15-11-20,21-12-16-30(36)26(18-21)24-6-2-4-8-28(24)34)22-13-17-31(37)27(19-22)25-7-3-5-9-29(25)35/h2-19,33-37H,1H3. The van der Waals surface area contributed by atoms with Crippen LogP contribution in [0.2, 0.25) is 0 Å². The van der Waals surface area contributed by atoms with Crippen LogP contribution in [0.3, 0.4) is 0 Å². The van der Waals surface area contributed by atoms with Crippen LogP contribution in [0, 0.1) is 0 Å². The Morgan fingerprint density at radius 1 is 0.405 bits per heavy atom. The summed E-state index contributed by atoms with van der Waals surface area (Å²) in [7, 11) is 0. The van der Waals surface area contributed by atoms with Crippen molar-refractivity contribution in [3.63, 3.8) is 0 Å². The minimum absolute atomic E-state index is 0.0268. The number of phenols is 5. The van der Waals surface area contributed by atoms with Crippen LogP contribution in [-0.4, -0.2) is 25.5 Å². The number of hydrogen-bond donors (Lipinski definition) is 5. The maximum atomic E-state index is 10.7. The molecule has 5 rings (SSSR count). The van der Waals surface area contributed by atoms with E-state index in [4.69, 9.17) is 0 Å². The Hall–Kier alpha value is -4.90. The highest BCUT2D eigenvalue weighted by molar-refractivity contribution is 5.78. The van der Waals surface area contributed by atoms with E-state index in [-0.39, 0.29) is 28.7 Å². The van der Waals surface area contributed by atoms with Crippen LogP contribution >= 0.6 is 0 Å². The third-order valence-corrected chi connectivity index (χ3v) is 6.98. The van der Waals surface area contributed by atoms with Crippen LogP contribution in [0.25, 0.3) is 22.3 Å². The maximum Gasteiger partial charge on any atom is 0.123 e. The van der Waals surface area contributed by atoms with E-state index in [2.05, 4.69) is 0 Å². The van der Waals surface area contributed by atoms with Crippen LogP contribution in [0.1, 0.15) is 23.6 Å². The number of benzene rings is 5. The SMILES string of the molecule is CC(c1ccc(O)cc1)(c1ccc(O)c(-c2ccccc2O)c1)c1ccc(O)c(-c2ccccc2O)c1. The average molecular weight is 491 g/mol. The minimum atomic E-state index is -0.812. The molecule has 0 saturated carbocycles. The highest BCUT2D eigenvalue weighted by Gasteiger charge is 2.33. The van der Waals surface area contributed by atoms with E-state index >= 15 is 0 Å². The summed E-state index contributed by atoms with van der Waals surface area (Å²) in [4.78, 5) is 0. The third kappa shape index (κ3) is 4.21. The molecule has 0 aliphatic heterocycles. The molecule has 0 unspecified atom stereocenters. The van der Waals surface area contributed by atoms with E-state index in [0.717, 1.165) is 16.7 Å². The fourth-order valence-corrected chi connectivity index (χ4v) is 4.82. The van der Waals surface area contributed by atoms with Crippen molar-refractivity contribution in [2.24, 2.45) is 0 Å². The summed E-state index contributed by atoms with van der Waals surface area (Å²) in [5.41, 5.74) is 3.60. The monoisotopic (exact) mass is 490 g/mol. The van der Waals surface area contributed by atoms with Crippen molar-refractivity contribution in [3.05, 3.63) is 126 Å². The fourth-order valence-electron chi connectivity index (χ4n) is 4.82. The molecule has 5 heteroatoms. The lowest BCUT2D eigenvalue weighted by Crippen LogP contribution is -2.25. The Morgan fingerprint density at radius 3 is 1.22 bits per heavy atom. The van der Waals surface area contributed by atoms with Gasteiger partial charge in [0.25, 0.3) is 0 Å². The Labute approximate surface area is 214 Å². The van der Waals surface area contributed by atoms with E-state index in [1.807, 2.05) is 43.3 Å². The summed E-state index contributed by atoms with van der Waals surface area (Å²) in [6.07, 6.45) is 0. The average Bonchev–Trinajstić information content (AvgIpc) is 2.90. The van der Waals surface area contributed by atoms with Crippen LogP contribution in [0.15, 0.2) is 109 Å². The topological polar surface area (TPSA) is 101 Å². The van der Waals surface area contributed by atoms with Gasteiger partial charge in [0.2, 0.25) is 0 Å². The van der Waals surface area contributed by atoms with Crippen LogP contribution in [0.5, 0.6) is 28.7 Å². The van der Waals surface area contributed by atoms with Gasteiger partial charge in [-0.1, -0.05) is 60.7 Å². The molecule has 0 spiro atoms. The Kier molecular flexibility index (Phi) is 5.98. The van der Waals surface area contributed by atoms with Gasteiger partial charge in [-0.05, 0) is 72.1 Å². The summed E-state index contributed by atoms with van der Waals surface area (Å²) in [6.45, 7) is 2.02. The lowest BCUT2D eigenvalue weighted by atomic mass is 9.70. The molecule has 0 aromatic heterocycles. The Balaban J connectivity index is 1.77. The van der Waals surface area contributed by atoms with Gasteiger partial charge in [0, 0.05) is 27.7 Å². The second kappa shape index (κ2) is 9.28. The lowest BCUT2D eigenvalue weighted by Gasteiger charge is -2.33. The van der Waals surface area contributed by atoms with Crippen LogP contribution in [0.4, 0.5) is 0 Å². The van der Waals surface area contributed by atoms with Crippen molar-refractivity contribution in [1.29, 1.82) is 0 Å². The third-order valence-electron chi connectivity index (χ3n) is 6.98. The first-order chi connectivity index (χ1) is 17.8. The number of phenolic OH excluding ortho intramolecular Hbond substituents is 5. The second-order valence-corrected chi connectivity index (χ2v) is 9.17. The Morgan fingerprint density at radius 2 is 0.784 bits per heavy atom.